The van der Waals surface area contributed by atoms with Crippen LogP contribution in [0.15, 0.2) is 0 Å². The highest BCUT2D eigenvalue weighted by atomic mass is 19.3. The summed E-state index contributed by atoms with van der Waals surface area (Å²) in [6.07, 6.45) is 1.52. The Kier molecular flexibility index (Phi) is 3.06. The third-order valence-electron chi connectivity index (χ3n) is 1.96. The fourth-order valence-electron chi connectivity index (χ4n) is 1.09. The quantitative estimate of drug-likeness (QED) is 0.640. The van der Waals surface area contributed by atoms with Gasteiger partial charge in [0.1, 0.15) is 0 Å². The molecule has 1 aliphatic rings. The summed E-state index contributed by atoms with van der Waals surface area (Å²) in [5.41, 5.74) is 0. The Morgan fingerprint density at radius 1 is 1.40 bits per heavy atom. The van der Waals surface area contributed by atoms with Crippen molar-refractivity contribution in [2.24, 2.45) is 5.92 Å². The van der Waals surface area contributed by atoms with Gasteiger partial charge in [-0.15, -0.1) is 0 Å². The van der Waals surface area contributed by atoms with Gasteiger partial charge in [-0.05, 0) is 25.3 Å². The van der Waals surface area contributed by atoms with E-state index in [9.17, 15) is 8.78 Å². The number of hydrogen-bond donors (Lipinski definition) is 1. The maximum Gasteiger partial charge on any atom is 0.250 e. The lowest BCUT2D eigenvalue weighted by atomic mass is 9.85. The summed E-state index contributed by atoms with van der Waals surface area (Å²) in [4.78, 5) is 0. The molecule has 0 bridgehead atoms. The first-order valence-electron chi connectivity index (χ1n) is 3.78. The van der Waals surface area contributed by atoms with Gasteiger partial charge in [-0.2, -0.15) is 0 Å². The van der Waals surface area contributed by atoms with Gasteiger partial charge in [-0.1, -0.05) is 6.42 Å². The average molecular weight is 149 g/mol. The van der Waals surface area contributed by atoms with Crippen molar-refractivity contribution >= 4 is 0 Å². The molecule has 1 aliphatic carbocycles. The molecular formula is C7H13F2N. The first-order chi connectivity index (χ1) is 4.79. The molecule has 0 spiro atoms. The third-order valence-corrected chi connectivity index (χ3v) is 1.96. The van der Waals surface area contributed by atoms with Gasteiger partial charge in [0.15, 0.2) is 0 Å². The van der Waals surface area contributed by atoms with Crippen LogP contribution in [0.25, 0.3) is 0 Å². The molecule has 0 aromatic carbocycles. The summed E-state index contributed by atoms with van der Waals surface area (Å²) in [5.74, 6) is 0.679. The van der Waals surface area contributed by atoms with Gasteiger partial charge in [-0.25, -0.2) is 8.78 Å². The maximum absolute atomic E-state index is 11.5. The lowest BCUT2D eigenvalue weighted by molar-refractivity contribution is 0.141. The smallest absolute Gasteiger partial charge is 0.250 e. The predicted octanol–water partition coefficient (Wildman–Crippen LogP) is 1.64. The monoisotopic (exact) mass is 149 g/mol. The van der Waals surface area contributed by atoms with E-state index >= 15 is 0 Å². The summed E-state index contributed by atoms with van der Waals surface area (Å²) in [5, 5.41) is 2.74. The van der Waals surface area contributed by atoms with Gasteiger partial charge >= 0.3 is 0 Å². The van der Waals surface area contributed by atoms with E-state index in [0.29, 0.717) is 5.92 Å². The van der Waals surface area contributed by atoms with Gasteiger partial charge in [0.25, 0.3) is 6.43 Å². The molecule has 1 N–H and O–H groups in total. The molecule has 0 radical (unpaired) electrons. The minimum atomic E-state index is -2.19. The minimum absolute atomic E-state index is 0.142. The van der Waals surface area contributed by atoms with Crippen molar-refractivity contribution in [3.63, 3.8) is 0 Å². The van der Waals surface area contributed by atoms with Crippen LogP contribution in [0.5, 0.6) is 0 Å². The fraction of sp³-hybridized carbons (Fsp3) is 1.00. The Hall–Kier alpha value is -0.180. The fourth-order valence-corrected chi connectivity index (χ4v) is 1.09. The molecule has 10 heavy (non-hydrogen) atoms. The molecule has 0 atom stereocenters. The Balaban J connectivity index is 1.85. The lowest BCUT2D eigenvalue weighted by Gasteiger charge is -2.25. The molecule has 60 valence electrons. The summed E-state index contributed by atoms with van der Waals surface area (Å²) in [6, 6.07) is 0. The lowest BCUT2D eigenvalue weighted by Crippen LogP contribution is -2.30. The van der Waals surface area contributed by atoms with Gasteiger partial charge in [0, 0.05) is 0 Å². The molecule has 0 heterocycles. The van der Waals surface area contributed by atoms with E-state index < -0.39 is 6.43 Å². The van der Waals surface area contributed by atoms with E-state index in [1.165, 1.54) is 19.3 Å². The van der Waals surface area contributed by atoms with Crippen molar-refractivity contribution < 1.29 is 8.78 Å². The van der Waals surface area contributed by atoms with Crippen molar-refractivity contribution in [3.8, 4) is 0 Å². The zero-order chi connectivity index (χ0) is 7.40. The van der Waals surface area contributed by atoms with Crippen molar-refractivity contribution in [1.29, 1.82) is 0 Å². The summed E-state index contributed by atoms with van der Waals surface area (Å²) < 4.78 is 23.1. The molecule has 1 rings (SSSR count). The number of nitrogens with one attached hydrogen (secondary N) is 1. The van der Waals surface area contributed by atoms with Crippen LogP contribution in [0, 0.1) is 5.92 Å². The molecule has 1 fully saturated rings. The molecule has 0 aromatic heterocycles. The SMILES string of the molecule is FC(F)CNCC1CCC1. The average Bonchev–Trinajstić information content (AvgIpc) is 1.75. The third kappa shape index (κ3) is 2.60. The van der Waals surface area contributed by atoms with Crippen molar-refractivity contribution in [3.05, 3.63) is 0 Å². The van der Waals surface area contributed by atoms with E-state index in [1.807, 2.05) is 0 Å². The Labute approximate surface area is 59.8 Å². The number of halogens is 2. The zero-order valence-electron chi connectivity index (χ0n) is 5.95. The van der Waals surface area contributed by atoms with Crippen LogP contribution in [0.3, 0.4) is 0 Å². The number of rotatable bonds is 4. The molecule has 1 saturated carbocycles. The maximum atomic E-state index is 11.5. The van der Waals surface area contributed by atoms with Crippen LogP contribution in [-0.2, 0) is 0 Å². The van der Waals surface area contributed by atoms with E-state index in [4.69, 9.17) is 0 Å². The second kappa shape index (κ2) is 3.86. The van der Waals surface area contributed by atoms with Crippen molar-refractivity contribution in [2.75, 3.05) is 13.1 Å². The molecule has 0 unspecified atom stereocenters. The van der Waals surface area contributed by atoms with E-state index in [-0.39, 0.29) is 6.54 Å². The van der Waals surface area contributed by atoms with Gasteiger partial charge in [0.05, 0.1) is 6.54 Å². The highest BCUT2D eigenvalue weighted by Crippen LogP contribution is 2.24. The van der Waals surface area contributed by atoms with E-state index in [2.05, 4.69) is 5.32 Å². The van der Waals surface area contributed by atoms with Gasteiger partial charge in [0.2, 0.25) is 0 Å². The predicted molar refractivity (Wildman–Crippen MR) is 36.2 cm³/mol. The minimum Gasteiger partial charge on any atom is -0.311 e. The van der Waals surface area contributed by atoms with Crippen molar-refractivity contribution in [1.82, 2.24) is 5.32 Å². The topological polar surface area (TPSA) is 12.0 Å². The second-order valence-corrected chi connectivity index (χ2v) is 2.85. The molecule has 0 aromatic rings. The summed E-state index contributed by atoms with van der Waals surface area (Å²) in [6.45, 7) is 0.640. The van der Waals surface area contributed by atoms with Crippen LogP contribution < -0.4 is 5.32 Å². The first-order valence-corrected chi connectivity index (χ1v) is 3.78. The van der Waals surface area contributed by atoms with Crippen LogP contribution in [0.4, 0.5) is 8.78 Å². The molecule has 0 aliphatic heterocycles. The van der Waals surface area contributed by atoms with E-state index in [1.54, 1.807) is 0 Å². The Morgan fingerprint density at radius 3 is 2.50 bits per heavy atom. The normalized spacial score (nSPS) is 19.5. The van der Waals surface area contributed by atoms with Gasteiger partial charge < -0.3 is 5.32 Å². The highest BCUT2D eigenvalue weighted by Gasteiger charge is 2.16. The Morgan fingerprint density at radius 2 is 2.10 bits per heavy atom. The van der Waals surface area contributed by atoms with E-state index in [0.717, 1.165) is 6.54 Å². The second-order valence-electron chi connectivity index (χ2n) is 2.85. The number of alkyl halides is 2. The zero-order valence-corrected chi connectivity index (χ0v) is 5.95. The van der Waals surface area contributed by atoms with Crippen LogP contribution in [0.2, 0.25) is 0 Å². The highest BCUT2D eigenvalue weighted by molar-refractivity contribution is 4.71. The number of hydrogen-bond acceptors (Lipinski definition) is 1. The van der Waals surface area contributed by atoms with Crippen LogP contribution in [-0.4, -0.2) is 19.5 Å². The van der Waals surface area contributed by atoms with Gasteiger partial charge in [-0.3, -0.25) is 0 Å². The largest absolute Gasteiger partial charge is 0.311 e. The molecule has 0 amide bonds. The van der Waals surface area contributed by atoms with Crippen molar-refractivity contribution in [2.45, 2.75) is 25.7 Å². The summed E-state index contributed by atoms with van der Waals surface area (Å²) >= 11 is 0. The molecule has 3 heteroatoms. The Bertz CT molecular complexity index is 91.6. The molecular weight excluding hydrogens is 136 g/mol. The molecule has 0 saturated heterocycles. The first kappa shape index (κ1) is 7.92. The molecule has 1 nitrogen and oxygen atoms in total. The van der Waals surface area contributed by atoms with Crippen LogP contribution in [0.1, 0.15) is 19.3 Å². The summed E-state index contributed by atoms with van der Waals surface area (Å²) in [7, 11) is 0. The van der Waals surface area contributed by atoms with Crippen LogP contribution >= 0.6 is 0 Å². The standard InChI is InChI=1S/C7H13F2N/c8-7(9)5-10-4-6-2-1-3-6/h6-7,10H,1-5H2.